The lowest BCUT2D eigenvalue weighted by Crippen LogP contribution is -2.26. The highest BCUT2D eigenvalue weighted by Gasteiger charge is 2.20. The Morgan fingerprint density at radius 2 is 1.93 bits per heavy atom. The third kappa shape index (κ3) is 5.01. The molecule has 0 heterocycles. The Morgan fingerprint density at radius 1 is 1.20 bits per heavy atom. The van der Waals surface area contributed by atoms with Crippen LogP contribution in [-0.4, -0.2) is 12.6 Å². The van der Waals surface area contributed by atoms with E-state index in [1.807, 2.05) is 0 Å². The molecule has 1 saturated carbocycles. The van der Waals surface area contributed by atoms with Crippen molar-refractivity contribution in [3.8, 4) is 0 Å². The summed E-state index contributed by atoms with van der Waals surface area (Å²) < 4.78 is 0. The van der Waals surface area contributed by atoms with Crippen molar-refractivity contribution in [1.29, 1.82) is 0 Å². The minimum atomic E-state index is 0.719. The van der Waals surface area contributed by atoms with Gasteiger partial charge in [-0.2, -0.15) is 0 Å². The molecule has 15 heavy (non-hydrogen) atoms. The van der Waals surface area contributed by atoms with Crippen LogP contribution in [0.2, 0.25) is 0 Å². The Kier molecular flexibility index (Phi) is 6.31. The van der Waals surface area contributed by atoms with Crippen LogP contribution in [0.1, 0.15) is 65.7 Å². The van der Waals surface area contributed by atoms with Crippen LogP contribution in [-0.2, 0) is 0 Å². The minimum Gasteiger partial charge on any atom is -0.315 e. The average Bonchev–Trinajstić information content (AvgIpc) is 2.27. The Morgan fingerprint density at radius 3 is 2.60 bits per heavy atom. The van der Waals surface area contributed by atoms with E-state index in [2.05, 4.69) is 26.1 Å². The maximum absolute atomic E-state index is 3.51. The summed E-state index contributed by atoms with van der Waals surface area (Å²) in [6.07, 6.45) is 10.2. The predicted molar refractivity (Wildman–Crippen MR) is 68.1 cm³/mol. The first-order valence-corrected chi connectivity index (χ1v) is 6.99. The van der Waals surface area contributed by atoms with Crippen molar-refractivity contribution in [3.63, 3.8) is 0 Å². The molecule has 3 atom stereocenters. The molecule has 0 radical (unpaired) electrons. The standard InChI is InChI=1S/C14H29N/c1-4-13-7-6-8-14(11-13)10-9-12(3)15-5-2/h12-15H,4-11H2,1-3H3. The number of hydrogen-bond donors (Lipinski definition) is 1. The number of nitrogens with one attached hydrogen (secondary N) is 1. The SMILES string of the molecule is CCNC(C)CCC1CCCC(CC)C1. The van der Waals surface area contributed by atoms with Crippen molar-refractivity contribution in [2.45, 2.75) is 71.8 Å². The second kappa shape index (κ2) is 7.27. The first kappa shape index (κ1) is 13.0. The van der Waals surface area contributed by atoms with Gasteiger partial charge < -0.3 is 5.32 Å². The second-order valence-electron chi connectivity index (χ2n) is 5.34. The van der Waals surface area contributed by atoms with Crippen molar-refractivity contribution in [1.82, 2.24) is 5.32 Å². The molecular formula is C14H29N. The van der Waals surface area contributed by atoms with Crippen LogP contribution >= 0.6 is 0 Å². The van der Waals surface area contributed by atoms with E-state index in [1.54, 1.807) is 0 Å². The summed E-state index contributed by atoms with van der Waals surface area (Å²) in [4.78, 5) is 0. The first-order chi connectivity index (χ1) is 7.26. The third-order valence-corrected chi connectivity index (χ3v) is 4.03. The van der Waals surface area contributed by atoms with Gasteiger partial charge in [-0.05, 0) is 44.6 Å². The zero-order chi connectivity index (χ0) is 11.1. The van der Waals surface area contributed by atoms with Gasteiger partial charge in [-0.15, -0.1) is 0 Å². The molecule has 1 aliphatic carbocycles. The molecule has 0 spiro atoms. The van der Waals surface area contributed by atoms with Crippen LogP contribution in [0.3, 0.4) is 0 Å². The molecule has 1 N–H and O–H groups in total. The highest BCUT2D eigenvalue weighted by molar-refractivity contribution is 4.74. The molecule has 3 unspecified atom stereocenters. The van der Waals surface area contributed by atoms with Gasteiger partial charge in [0.05, 0.1) is 0 Å². The maximum atomic E-state index is 3.51. The molecule has 0 aromatic carbocycles. The van der Waals surface area contributed by atoms with Gasteiger partial charge >= 0.3 is 0 Å². The van der Waals surface area contributed by atoms with Crippen LogP contribution in [0, 0.1) is 11.8 Å². The Bertz CT molecular complexity index is 155. The van der Waals surface area contributed by atoms with E-state index in [0.717, 1.165) is 24.4 Å². The Labute approximate surface area is 96.0 Å². The van der Waals surface area contributed by atoms with Gasteiger partial charge in [0.2, 0.25) is 0 Å². The summed E-state index contributed by atoms with van der Waals surface area (Å²) in [6.45, 7) is 7.99. The second-order valence-corrected chi connectivity index (χ2v) is 5.34. The van der Waals surface area contributed by atoms with E-state index >= 15 is 0 Å². The lowest BCUT2D eigenvalue weighted by Gasteiger charge is -2.29. The fraction of sp³-hybridized carbons (Fsp3) is 1.00. The molecule has 0 aromatic heterocycles. The molecular weight excluding hydrogens is 182 g/mol. The molecule has 90 valence electrons. The predicted octanol–water partition coefficient (Wildman–Crippen LogP) is 3.98. The van der Waals surface area contributed by atoms with Gasteiger partial charge in [-0.3, -0.25) is 0 Å². The van der Waals surface area contributed by atoms with Gasteiger partial charge in [-0.1, -0.05) is 39.5 Å². The molecule has 0 saturated heterocycles. The quantitative estimate of drug-likeness (QED) is 0.700. The third-order valence-electron chi connectivity index (χ3n) is 4.03. The van der Waals surface area contributed by atoms with Gasteiger partial charge in [0.1, 0.15) is 0 Å². The van der Waals surface area contributed by atoms with E-state index in [-0.39, 0.29) is 0 Å². The van der Waals surface area contributed by atoms with Gasteiger partial charge in [-0.25, -0.2) is 0 Å². The van der Waals surface area contributed by atoms with E-state index < -0.39 is 0 Å². The van der Waals surface area contributed by atoms with Crippen LogP contribution < -0.4 is 5.32 Å². The van der Waals surface area contributed by atoms with E-state index in [1.165, 1.54) is 44.9 Å². The topological polar surface area (TPSA) is 12.0 Å². The van der Waals surface area contributed by atoms with Crippen LogP contribution in [0.15, 0.2) is 0 Å². The van der Waals surface area contributed by atoms with E-state index in [0.29, 0.717) is 0 Å². The summed E-state index contributed by atoms with van der Waals surface area (Å²) in [5.41, 5.74) is 0. The molecule has 1 fully saturated rings. The summed E-state index contributed by atoms with van der Waals surface area (Å²) in [5.74, 6) is 2.07. The van der Waals surface area contributed by atoms with Crippen molar-refractivity contribution in [3.05, 3.63) is 0 Å². The largest absolute Gasteiger partial charge is 0.315 e. The molecule has 0 aromatic rings. The summed E-state index contributed by atoms with van der Waals surface area (Å²) >= 11 is 0. The lowest BCUT2D eigenvalue weighted by molar-refractivity contribution is 0.240. The van der Waals surface area contributed by atoms with Crippen LogP contribution in [0.4, 0.5) is 0 Å². The van der Waals surface area contributed by atoms with Gasteiger partial charge in [0.15, 0.2) is 0 Å². The van der Waals surface area contributed by atoms with Crippen molar-refractivity contribution < 1.29 is 0 Å². The summed E-state index contributed by atoms with van der Waals surface area (Å²) in [5, 5.41) is 3.51. The Balaban J connectivity index is 2.14. The average molecular weight is 211 g/mol. The molecule has 1 nitrogen and oxygen atoms in total. The normalized spacial score (nSPS) is 29.0. The molecule has 1 aliphatic rings. The molecule has 0 bridgehead atoms. The lowest BCUT2D eigenvalue weighted by atomic mass is 9.78. The fourth-order valence-electron chi connectivity index (χ4n) is 2.97. The minimum absolute atomic E-state index is 0.719. The van der Waals surface area contributed by atoms with Crippen LogP contribution in [0.5, 0.6) is 0 Å². The summed E-state index contributed by atoms with van der Waals surface area (Å²) in [6, 6.07) is 0.719. The van der Waals surface area contributed by atoms with Gasteiger partial charge in [0.25, 0.3) is 0 Å². The zero-order valence-corrected chi connectivity index (χ0v) is 10.9. The highest BCUT2D eigenvalue weighted by atomic mass is 14.9. The van der Waals surface area contributed by atoms with Crippen molar-refractivity contribution >= 4 is 0 Å². The van der Waals surface area contributed by atoms with Crippen LogP contribution in [0.25, 0.3) is 0 Å². The molecule has 0 aliphatic heterocycles. The maximum Gasteiger partial charge on any atom is 0.00387 e. The fourth-order valence-corrected chi connectivity index (χ4v) is 2.97. The molecule has 0 amide bonds. The molecule has 1 heteroatoms. The Hall–Kier alpha value is -0.0400. The highest BCUT2D eigenvalue weighted by Crippen LogP contribution is 2.33. The smallest absolute Gasteiger partial charge is 0.00387 e. The summed E-state index contributed by atoms with van der Waals surface area (Å²) in [7, 11) is 0. The first-order valence-electron chi connectivity index (χ1n) is 6.99. The van der Waals surface area contributed by atoms with E-state index in [9.17, 15) is 0 Å². The van der Waals surface area contributed by atoms with Crippen molar-refractivity contribution in [2.75, 3.05) is 6.54 Å². The van der Waals surface area contributed by atoms with E-state index in [4.69, 9.17) is 0 Å². The molecule has 1 rings (SSSR count). The monoisotopic (exact) mass is 211 g/mol. The number of rotatable bonds is 6. The van der Waals surface area contributed by atoms with Crippen molar-refractivity contribution in [2.24, 2.45) is 11.8 Å². The zero-order valence-electron chi connectivity index (χ0n) is 10.9. The van der Waals surface area contributed by atoms with Gasteiger partial charge in [0, 0.05) is 6.04 Å². The number of hydrogen-bond acceptors (Lipinski definition) is 1.